The molecule has 0 spiro atoms. The molecule has 104 valence electrons. The van der Waals surface area contributed by atoms with Crippen LogP contribution < -0.4 is 5.43 Å². The van der Waals surface area contributed by atoms with E-state index >= 15 is 0 Å². The van der Waals surface area contributed by atoms with Crippen molar-refractivity contribution in [2.24, 2.45) is 5.10 Å². The lowest BCUT2D eigenvalue weighted by atomic mass is 10.2. The summed E-state index contributed by atoms with van der Waals surface area (Å²) in [4.78, 5) is 0. The van der Waals surface area contributed by atoms with Gasteiger partial charge in [-0.15, -0.1) is 5.10 Å². The first-order chi connectivity index (χ1) is 10.2. The van der Waals surface area contributed by atoms with E-state index in [0.717, 1.165) is 10.8 Å². The first kappa shape index (κ1) is 12.9. The van der Waals surface area contributed by atoms with E-state index in [1.165, 1.54) is 18.3 Å². The van der Waals surface area contributed by atoms with E-state index in [2.05, 4.69) is 20.7 Å². The van der Waals surface area contributed by atoms with E-state index < -0.39 is 0 Å². The second-order valence-electron chi connectivity index (χ2n) is 4.40. The normalized spacial score (nSPS) is 11.0. The zero-order chi connectivity index (χ0) is 14.7. The molecule has 6 heteroatoms. The molecule has 3 N–H and O–H groups in total. The van der Waals surface area contributed by atoms with Gasteiger partial charge in [0, 0.05) is 10.8 Å². The highest BCUT2D eigenvalue weighted by Gasteiger charge is 2.01. The lowest BCUT2D eigenvalue weighted by molar-refractivity contribution is 0.403. The van der Waals surface area contributed by atoms with Crippen LogP contribution >= 0.6 is 0 Å². The summed E-state index contributed by atoms with van der Waals surface area (Å²) in [6.07, 6.45) is 3.20. The van der Waals surface area contributed by atoms with E-state index in [-0.39, 0.29) is 11.5 Å². The molecule has 6 nitrogen and oxygen atoms in total. The van der Waals surface area contributed by atoms with Crippen LogP contribution in [0.4, 0.5) is 5.82 Å². The molecular formula is C15H12N4O2. The van der Waals surface area contributed by atoms with Gasteiger partial charge in [0.1, 0.15) is 0 Å². The van der Waals surface area contributed by atoms with Crippen molar-refractivity contribution in [2.75, 3.05) is 5.43 Å². The number of aromatic nitrogens is 2. The maximum Gasteiger partial charge on any atom is 0.176 e. The van der Waals surface area contributed by atoms with Gasteiger partial charge < -0.3 is 10.2 Å². The Hall–Kier alpha value is -3.15. The van der Waals surface area contributed by atoms with Crippen molar-refractivity contribution >= 4 is 22.8 Å². The first-order valence-corrected chi connectivity index (χ1v) is 6.25. The van der Waals surface area contributed by atoms with Gasteiger partial charge in [0.15, 0.2) is 17.3 Å². The summed E-state index contributed by atoms with van der Waals surface area (Å²) in [7, 11) is 0. The Morgan fingerprint density at radius 3 is 2.76 bits per heavy atom. The Morgan fingerprint density at radius 2 is 1.90 bits per heavy atom. The number of hydrogen-bond donors (Lipinski definition) is 3. The molecule has 0 aliphatic carbocycles. The Labute approximate surface area is 120 Å². The van der Waals surface area contributed by atoms with Crippen LogP contribution in [0, 0.1) is 0 Å². The van der Waals surface area contributed by atoms with E-state index in [1.807, 2.05) is 24.3 Å². The second-order valence-corrected chi connectivity index (χ2v) is 4.40. The molecule has 1 heterocycles. The summed E-state index contributed by atoms with van der Waals surface area (Å²) in [6, 6.07) is 12.1. The molecule has 0 radical (unpaired) electrons. The Balaban J connectivity index is 1.83. The van der Waals surface area contributed by atoms with Crippen LogP contribution in [-0.2, 0) is 0 Å². The van der Waals surface area contributed by atoms with Crippen LogP contribution in [0.2, 0.25) is 0 Å². The maximum absolute atomic E-state index is 9.40. The molecule has 0 fully saturated rings. The number of nitrogens with zero attached hydrogens (tertiary/aromatic N) is 3. The molecule has 0 aliphatic rings. The van der Waals surface area contributed by atoms with Crippen LogP contribution in [0.3, 0.4) is 0 Å². The number of anilines is 1. The predicted octanol–water partition coefficient (Wildman–Crippen LogP) is 2.49. The minimum absolute atomic E-state index is 0.167. The molecule has 0 saturated heterocycles. The highest BCUT2D eigenvalue weighted by atomic mass is 16.3. The fourth-order valence-corrected chi connectivity index (χ4v) is 1.90. The molecule has 21 heavy (non-hydrogen) atoms. The van der Waals surface area contributed by atoms with Gasteiger partial charge in [-0.2, -0.15) is 10.2 Å². The summed E-state index contributed by atoms with van der Waals surface area (Å²) in [5.41, 5.74) is 3.47. The second kappa shape index (κ2) is 5.46. The lowest BCUT2D eigenvalue weighted by Gasteiger charge is -2.03. The minimum Gasteiger partial charge on any atom is -0.504 e. The van der Waals surface area contributed by atoms with Crippen molar-refractivity contribution in [1.29, 1.82) is 0 Å². The van der Waals surface area contributed by atoms with Crippen molar-refractivity contribution in [1.82, 2.24) is 10.2 Å². The molecule has 3 rings (SSSR count). The topological polar surface area (TPSA) is 90.6 Å². The third-order valence-electron chi connectivity index (χ3n) is 2.95. The van der Waals surface area contributed by atoms with Crippen LogP contribution in [0.25, 0.3) is 10.8 Å². The number of aromatic hydroxyl groups is 2. The molecule has 2 aromatic carbocycles. The third kappa shape index (κ3) is 2.74. The molecule has 0 saturated carbocycles. The summed E-state index contributed by atoms with van der Waals surface area (Å²) in [5.74, 6) is 0.191. The van der Waals surface area contributed by atoms with E-state index in [1.54, 1.807) is 12.3 Å². The number of hydrogen-bond acceptors (Lipinski definition) is 6. The largest absolute Gasteiger partial charge is 0.504 e. The minimum atomic E-state index is -0.191. The highest BCUT2D eigenvalue weighted by molar-refractivity contribution is 5.91. The zero-order valence-corrected chi connectivity index (χ0v) is 10.9. The summed E-state index contributed by atoms with van der Waals surface area (Å²) in [6.45, 7) is 0. The SMILES string of the molecule is Oc1ccc(C=NNc2nncc3ccccc23)cc1O. The number of hydrazone groups is 1. The van der Waals surface area contributed by atoms with Crippen LogP contribution in [0.5, 0.6) is 11.5 Å². The summed E-state index contributed by atoms with van der Waals surface area (Å²) in [5, 5.41) is 32.5. The average Bonchev–Trinajstić information content (AvgIpc) is 2.51. The van der Waals surface area contributed by atoms with E-state index in [4.69, 9.17) is 0 Å². The molecule has 0 bridgehead atoms. The van der Waals surface area contributed by atoms with Crippen molar-refractivity contribution in [3.8, 4) is 11.5 Å². The van der Waals surface area contributed by atoms with E-state index in [9.17, 15) is 10.2 Å². The van der Waals surface area contributed by atoms with Gasteiger partial charge in [-0.05, 0) is 23.8 Å². The molecule has 1 aromatic heterocycles. The third-order valence-corrected chi connectivity index (χ3v) is 2.95. The Kier molecular flexibility index (Phi) is 3.34. The van der Waals surface area contributed by atoms with Gasteiger partial charge in [0.2, 0.25) is 0 Å². The summed E-state index contributed by atoms with van der Waals surface area (Å²) >= 11 is 0. The number of nitrogens with one attached hydrogen (secondary N) is 1. The Morgan fingerprint density at radius 1 is 1.05 bits per heavy atom. The molecule has 3 aromatic rings. The molecule has 0 amide bonds. The smallest absolute Gasteiger partial charge is 0.176 e. The molecular weight excluding hydrogens is 268 g/mol. The van der Waals surface area contributed by atoms with Crippen molar-refractivity contribution in [3.05, 3.63) is 54.2 Å². The van der Waals surface area contributed by atoms with Crippen molar-refractivity contribution in [3.63, 3.8) is 0 Å². The van der Waals surface area contributed by atoms with Gasteiger partial charge >= 0.3 is 0 Å². The standard InChI is InChI=1S/C15H12N4O2/c20-13-6-5-10(7-14(13)21)8-16-18-15-12-4-2-1-3-11(12)9-17-19-15/h1-9,20-21H,(H,18,19). The molecule has 0 aliphatic heterocycles. The van der Waals surface area contributed by atoms with Gasteiger partial charge in [-0.1, -0.05) is 24.3 Å². The predicted molar refractivity (Wildman–Crippen MR) is 80.5 cm³/mol. The first-order valence-electron chi connectivity index (χ1n) is 6.25. The quantitative estimate of drug-likeness (QED) is 0.389. The van der Waals surface area contributed by atoms with Crippen molar-refractivity contribution < 1.29 is 10.2 Å². The Bertz CT molecular complexity index is 812. The molecule has 0 unspecified atom stereocenters. The number of fused-ring (bicyclic) bond motifs is 1. The van der Waals surface area contributed by atoms with E-state index in [0.29, 0.717) is 11.4 Å². The van der Waals surface area contributed by atoms with Gasteiger partial charge in [-0.3, -0.25) is 5.43 Å². The lowest BCUT2D eigenvalue weighted by Crippen LogP contribution is -1.96. The number of benzene rings is 2. The fraction of sp³-hybridized carbons (Fsp3) is 0. The van der Waals surface area contributed by atoms with Crippen LogP contribution in [-0.4, -0.2) is 26.6 Å². The summed E-state index contributed by atoms with van der Waals surface area (Å²) < 4.78 is 0. The number of phenols is 2. The van der Waals surface area contributed by atoms with Crippen molar-refractivity contribution in [2.45, 2.75) is 0 Å². The van der Waals surface area contributed by atoms with Crippen LogP contribution in [0.1, 0.15) is 5.56 Å². The molecule has 0 atom stereocenters. The van der Waals surface area contributed by atoms with Crippen LogP contribution in [0.15, 0.2) is 53.8 Å². The van der Waals surface area contributed by atoms with Gasteiger partial charge in [-0.25, -0.2) is 0 Å². The fourth-order valence-electron chi connectivity index (χ4n) is 1.90. The number of phenolic OH excluding ortho intramolecular Hbond substituents is 2. The average molecular weight is 280 g/mol. The number of rotatable bonds is 3. The van der Waals surface area contributed by atoms with Gasteiger partial charge in [0.25, 0.3) is 0 Å². The highest BCUT2D eigenvalue weighted by Crippen LogP contribution is 2.24. The zero-order valence-electron chi connectivity index (χ0n) is 10.9. The maximum atomic E-state index is 9.40. The van der Waals surface area contributed by atoms with Gasteiger partial charge in [0.05, 0.1) is 12.4 Å². The monoisotopic (exact) mass is 280 g/mol.